The van der Waals surface area contributed by atoms with E-state index in [0.717, 1.165) is 0 Å². The van der Waals surface area contributed by atoms with Gasteiger partial charge >= 0.3 is 20.7 Å². The van der Waals surface area contributed by atoms with Crippen LogP contribution in [0.2, 0.25) is 0 Å². The van der Waals surface area contributed by atoms with Gasteiger partial charge < -0.3 is 22.5 Å². The maximum atomic E-state index is 12.6. The van der Waals surface area contributed by atoms with E-state index in [9.17, 15) is 13.9 Å². The van der Waals surface area contributed by atoms with Crippen molar-refractivity contribution in [3.63, 3.8) is 0 Å². The van der Waals surface area contributed by atoms with Gasteiger partial charge in [0.05, 0.1) is 38.9 Å². The van der Waals surface area contributed by atoms with Crippen LogP contribution in [-0.2, 0) is 33.4 Å². The molecule has 0 aliphatic heterocycles. The largest absolute Gasteiger partial charge is 0.460 e. The number of carbonyl (C=O) groups excluding carboxylic acids is 1. The quantitative estimate of drug-likeness (QED) is 0.489. The normalized spacial score (nSPS) is 12.5. The fourth-order valence-corrected chi connectivity index (χ4v) is 5.14. The van der Waals surface area contributed by atoms with Gasteiger partial charge in [0.15, 0.2) is 5.76 Å². The van der Waals surface area contributed by atoms with Crippen LogP contribution >= 0.6 is 15.2 Å². The van der Waals surface area contributed by atoms with Crippen LogP contribution in [0.25, 0.3) is 0 Å². The minimum Gasteiger partial charge on any atom is -0.460 e. The third-order valence-electron chi connectivity index (χ3n) is 2.80. The Hall–Kier alpha value is -0.750. The Bertz CT molecular complexity index is 604. The van der Waals surface area contributed by atoms with E-state index in [2.05, 4.69) is 0 Å². The van der Waals surface area contributed by atoms with Gasteiger partial charge in [0, 0.05) is 5.56 Å². The molecule has 0 unspecified atom stereocenters. The second kappa shape index (κ2) is 9.66. The highest BCUT2D eigenvalue weighted by Crippen LogP contribution is 2.55. The fourth-order valence-electron chi connectivity index (χ4n) is 2.00. The van der Waals surface area contributed by atoms with E-state index in [1.807, 2.05) is 0 Å². The number of carbonyl (C=O) groups is 1. The van der Waals surface area contributed by atoms with Crippen LogP contribution in [0.4, 0.5) is 0 Å². The van der Waals surface area contributed by atoms with Gasteiger partial charge in [0.2, 0.25) is 0 Å². The zero-order chi connectivity index (χ0) is 18.2. The average Bonchev–Trinajstić information content (AvgIpc) is 2.94. The molecule has 0 atom stereocenters. The number of hydrogen-bond donors (Lipinski definition) is 0. The van der Waals surface area contributed by atoms with Crippen LogP contribution in [0.1, 0.15) is 43.8 Å². The molecule has 1 rings (SSSR count). The van der Waals surface area contributed by atoms with Gasteiger partial charge in [-0.2, -0.15) is 0 Å². The van der Waals surface area contributed by atoms with E-state index in [1.165, 1.54) is 12.3 Å². The molecule has 0 saturated heterocycles. The Morgan fingerprint density at radius 1 is 0.958 bits per heavy atom. The van der Waals surface area contributed by atoms with Gasteiger partial charge in [-0.3, -0.25) is 13.9 Å². The molecule has 1 heterocycles. The summed E-state index contributed by atoms with van der Waals surface area (Å²) in [6.45, 7) is 7.02. The summed E-state index contributed by atoms with van der Waals surface area (Å²) in [6, 6.07) is 1.46. The first-order chi connectivity index (χ1) is 11.4. The first-order valence-electron chi connectivity index (χ1n) is 7.74. The monoisotopic (exact) mass is 382 g/mol. The molecule has 1 aromatic heterocycles. The summed E-state index contributed by atoms with van der Waals surface area (Å²) < 4.78 is 50.8. The Morgan fingerprint density at radius 2 is 1.46 bits per heavy atom. The number of furan rings is 1. The number of rotatable bonds is 12. The van der Waals surface area contributed by atoms with Gasteiger partial charge in [-0.05, 0) is 33.8 Å². The van der Waals surface area contributed by atoms with Crippen LogP contribution in [0.5, 0.6) is 0 Å². The van der Waals surface area contributed by atoms with Gasteiger partial charge in [0.1, 0.15) is 0 Å². The van der Waals surface area contributed by atoms with E-state index in [-0.39, 0.29) is 43.9 Å². The van der Waals surface area contributed by atoms with Gasteiger partial charge in [-0.25, -0.2) is 0 Å². The standard InChI is InChI=1S/C14H24O8P2/c1-5-19-23(16,20-6-2)11-12-9-10-18-13(12)14(15)24(17,21-7-3)22-8-4/h9-10H,5-8,11H2,1-4H3. The zero-order valence-corrected chi connectivity index (χ0v) is 16.1. The fraction of sp³-hybridized carbons (Fsp3) is 0.643. The minimum atomic E-state index is -4.03. The van der Waals surface area contributed by atoms with Crippen molar-refractivity contribution in [2.24, 2.45) is 0 Å². The Morgan fingerprint density at radius 3 is 1.92 bits per heavy atom. The van der Waals surface area contributed by atoms with E-state index in [0.29, 0.717) is 0 Å². The van der Waals surface area contributed by atoms with Crippen LogP contribution in [-0.4, -0.2) is 32.0 Å². The Kier molecular flexibility index (Phi) is 8.57. The zero-order valence-electron chi connectivity index (χ0n) is 14.4. The Labute approximate surface area is 141 Å². The summed E-state index contributed by atoms with van der Waals surface area (Å²) >= 11 is 0. The van der Waals surface area contributed by atoms with Crippen LogP contribution in [0, 0.1) is 0 Å². The predicted molar refractivity (Wildman–Crippen MR) is 88.5 cm³/mol. The molecule has 0 bridgehead atoms. The Balaban J connectivity index is 3.12. The van der Waals surface area contributed by atoms with E-state index in [4.69, 9.17) is 22.5 Å². The van der Waals surface area contributed by atoms with Crippen molar-refractivity contribution in [3.8, 4) is 0 Å². The maximum Gasteiger partial charge on any atom is 0.404 e. The molecule has 0 saturated carbocycles. The van der Waals surface area contributed by atoms with E-state index in [1.54, 1.807) is 27.7 Å². The molecule has 0 fully saturated rings. The highest BCUT2D eigenvalue weighted by molar-refractivity contribution is 7.72. The van der Waals surface area contributed by atoms with Gasteiger partial charge in [-0.1, -0.05) is 0 Å². The first kappa shape index (κ1) is 21.3. The van der Waals surface area contributed by atoms with Crippen molar-refractivity contribution in [2.75, 3.05) is 26.4 Å². The molecule has 138 valence electrons. The molecule has 0 spiro atoms. The highest BCUT2D eigenvalue weighted by atomic mass is 31.2. The summed E-state index contributed by atoms with van der Waals surface area (Å²) in [5.41, 5.74) is -0.643. The molecule has 0 amide bonds. The summed E-state index contributed by atoms with van der Waals surface area (Å²) in [5.74, 6) is -0.222. The summed E-state index contributed by atoms with van der Waals surface area (Å²) in [6.07, 6.45) is 1.07. The van der Waals surface area contributed by atoms with E-state index < -0.39 is 20.7 Å². The van der Waals surface area contributed by atoms with E-state index >= 15 is 0 Å². The van der Waals surface area contributed by atoms with Crippen LogP contribution < -0.4 is 0 Å². The molecule has 8 nitrogen and oxygen atoms in total. The summed E-state index contributed by atoms with van der Waals surface area (Å²) in [7, 11) is -7.47. The third kappa shape index (κ3) is 5.38. The number of hydrogen-bond acceptors (Lipinski definition) is 8. The predicted octanol–water partition coefficient (Wildman–Crippen LogP) is 4.45. The topological polar surface area (TPSA) is 101 Å². The molecule has 10 heteroatoms. The van der Waals surface area contributed by atoms with Crippen molar-refractivity contribution in [3.05, 3.63) is 23.7 Å². The molecular formula is C14H24O8P2. The molecule has 24 heavy (non-hydrogen) atoms. The van der Waals surface area contributed by atoms with Crippen molar-refractivity contribution in [1.29, 1.82) is 0 Å². The second-order valence-electron chi connectivity index (χ2n) is 4.52. The lowest BCUT2D eigenvalue weighted by Gasteiger charge is -2.18. The maximum absolute atomic E-state index is 12.6. The molecule has 0 aliphatic rings. The van der Waals surface area contributed by atoms with Crippen molar-refractivity contribution in [2.45, 2.75) is 33.9 Å². The van der Waals surface area contributed by atoms with Gasteiger partial charge in [-0.15, -0.1) is 0 Å². The van der Waals surface area contributed by atoms with Crippen LogP contribution in [0.3, 0.4) is 0 Å². The molecular weight excluding hydrogens is 358 g/mol. The molecule has 0 aromatic carbocycles. The van der Waals surface area contributed by atoms with Crippen molar-refractivity contribution >= 4 is 20.7 Å². The molecule has 1 aromatic rings. The average molecular weight is 382 g/mol. The first-order valence-corrected chi connectivity index (χ1v) is 11.0. The second-order valence-corrected chi connectivity index (χ2v) is 8.49. The molecule has 0 aliphatic carbocycles. The van der Waals surface area contributed by atoms with Crippen molar-refractivity contribution in [1.82, 2.24) is 0 Å². The molecule has 0 N–H and O–H groups in total. The highest BCUT2D eigenvalue weighted by Gasteiger charge is 2.40. The summed E-state index contributed by atoms with van der Waals surface area (Å²) in [4.78, 5) is 12.6. The molecule has 0 radical (unpaired) electrons. The smallest absolute Gasteiger partial charge is 0.404 e. The summed E-state index contributed by atoms with van der Waals surface area (Å²) in [5, 5.41) is 0. The van der Waals surface area contributed by atoms with Crippen molar-refractivity contribution < 1.29 is 36.4 Å². The van der Waals surface area contributed by atoms with Gasteiger partial charge in [0.25, 0.3) is 0 Å². The SMILES string of the molecule is CCOP(=O)(Cc1ccoc1C(=O)P(=O)(OCC)OCC)OCC. The minimum absolute atomic E-state index is 0.0371. The third-order valence-corrected chi connectivity index (χ3v) is 6.73. The lowest BCUT2D eigenvalue weighted by Crippen LogP contribution is -2.09. The lowest BCUT2D eigenvalue weighted by atomic mass is 10.3. The van der Waals surface area contributed by atoms with Crippen LogP contribution in [0.15, 0.2) is 16.7 Å². The lowest BCUT2D eigenvalue weighted by molar-refractivity contribution is 0.0975.